The Morgan fingerprint density at radius 3 is 2.34 bits per heavy atom. The maximum Gasteiger partial charge on any atom is 0.407 e. The molecule has 35 heavy (non-hydrogen) atoms. The zero-order chi connectivity index (χ0) is 24.4. The Balaban J connectivity index is 1.27. The van der Waals surface area contributed by atoms with Gasteiger partial charge in [-0.05, 0) is 47.9 Å². The van der Waals surface area contributed by atoms with Crippen LogP contribution in [0.1, 0.15) is 49.1 Å². The highest BCUT2D eigenvalue weighted by molar-refractivity contribution is 5.87. The summed E-state index contributed by atoms with van der Waals surface area (Å²) >= 11 is 0. The molecule has 1 saturated carbocycles. The van der Waals surface area contributed by atoms with E-state index in [0.29, 0.717) is 19.8 Å². The second-order valence-corrected chi connectivity index (χ2v) is 9.58. The number of carboxylic acid groups (broad SMARTS) is 1. The first-order valence-corrected chi connectivity index (χ1v) is 12.2. The number of nitrogens with zero attached hydrogens (tertiary/aromatic N) is 1. The number of fused-ring (bicyclic) bond motifs is 3. The fourth-order valence-electron chi connectivity index (χ4n) is 5.57. The fourth-order valence-corrected chi connectivity index (χ4v) is 5.57. The van der Waals surface area contributed by atoms with Crippen LogP contribution in [0.15, 0.2) is 48.5 Å². The molecule has 184 valence electrons. The van der Waals surface area contributed by atoms with Crippen LogP contribution in [0.4, 0.5) is 4.79 Å². The second kappa shape index (κ2) is 9.70. The first-order valence-electron chi connectivity index (χ1n) is 12.2. The van der Waals surface area contributed by atoms with Crippen molar-refractivity contribution in [3.63, 3.8) is 0 Å². The van der Waals surface area contributed by atoms with Crippen molar-refractivity contribution in [2.75, 3.05) is 26.4 Å². The minimum absolute atomic E-state index is 0.00575. The van der Waals surface area contributed by atoms with E-state index < -0.39 is 18.1 Å². The van der Waals surface area contributed by atoms with Gasteiger partial charge in [0, 0.05) is 18.9 Å². The molecule has 3 aliphatic rings. The summed E-state index contributed by atoms with van der Waals surface area (Å²) in [5.74, 6) is -1.38. The van der Waals surface area contributed by atoms with Crippen molar-refractivity contribution in [1.29, 1.82) is 0 Å². The molecule has 0 bridgehead atoms. The molecule has 1 saturated heterocycles. The number of carboxylic acids is 1. The summed E-state index contributed by atoms with van der Waals surface area (Å²) in [5.41, 5.74) is 4.12. The van der Waals surface area contributed by atoms with Crippen molar-refractivity contribution in [3.05, 3.63) is 59.7 Å². The molecule has 1 heterocycles. The summed E-state index contributed by atoms with van der Waals surface area (Å²) in [7, 11) is 0. The van der Waals surface area contributed by atoms with Crippen LogP contribution in [-0.2, 0) is 19.1 Å². The molecule has 2 aliphatic carbocycles. The third kappa shape index (κ3) is 4.50. The molecule has 0 aromatic heterocycles. The number of ether oxygens (including phenoxy) is 2. The van der Waals surface area contributed by atoms with E-state index in [-0.39, 0.29) is 36.8 Å². The van der Waals surface area contributed by atoms with E-state index in [2.05, 4.69) is 17.4 Å². The third-order valence-corrected chi connectivity index (χ3v) is 7.53. The van der Waals surface area contributed by atoms with Crippen LogP contribution >= 0.6 is 0 Å². The van der Waals surface area contributed by atoms with Gasteiger partial charge in [0.2, 0.25) is 5.91 Å². The van der Waals surface area contributed by atoms with E-state index in [4.69, 9.17) is 9.47 Å². The number of amides is 2. The van der Waals surface area contributed by atoms with Crippen LogP contribution in [0.3, 0.4) is 0 Å². The minimum Gasteiger partial charge on any atom is -0.481 e. The third-order valence-electron chi connectivity index (χ3n) is 7.53. The number of aliphatic carboxylic acids is 1. The fraction of sp³-hybridized carbons (Fsp3) is 0.444. The van der Waals surface area contributed by atoms with Crippen LogP contribution in [0.2, 0.25) is 0 Å². The smallest absolute Gasteiger partial charge is 0.407 e. The Morgan fingerprint density at radius 2 is 1.74 bits per heavy atom. The van der Waals surface area contributed by atoms with Crippen LogP contribution in [0.5, 0.6) is 0 Å². The van der Waals surface area contributed by atoms with E-state index in [0.717, 1.165) is 41.5 Å². The van der Waals surface area contributed by atoms with Crippen LogP contribution in [0, 0.1) is 0 Å². The molecule has 1 aliphatic heterocycles. The maximum atomic E-state index is 13.4. The maximum absolute atomic E-state index is 13.4. The van der Waals surface area contributed by atoms with Crippen LogP contribution in [-0.4, -0.2) is 65.9 Å². The second-order valence-electron chi connectivity index (χ2n) is 9.58. The molecule has 1 atom stereocenters. The van der Waals surface area contributed by atoms with Gasteiger partial charge >= 0.3 is 12.1 Å². The van der Waals surface area contributed by atoms with Crippen LogP contribution in [0.25, 0.3) is 11.1 Å². The van der Waals surface area contributed by atoms with Crippen molar-refractivity contribution >= 4 is 18.0 Å². The summed E-state index contributed by atoms with van der Waals surface area (Å²) in [6.45, 7) is 1.48. The van der Waals surface area contributed by atoms with E-state index in [1.807, 2.05) is 36.4 Å². The molecule has 2 aromatic rings. The standard InChI is InChI=1S/C27H30N2O6/c30-24(31)11-10-23(25(32)29-14-15-34-17-27(29)12-5-13-27)28-26(33)35-16-22-20-8-3-1-6-18(20)19-7-2-4-9-21(19)22/h1-4,6-9,22-23H,5,10-17H2,(H,28,33)(H,30,31). The van der Waals surface area contributed by atoms with Gasteiger partial charge in [-0.25, -0.2) is 4.79 Å². The van der Waals surface area contributed by atoms with E-state index in [1.165, 1.54) is 0 Å². The highest BCUT2D eigenvalue weighted by Crippen LogP contribution is 2.44. The molecule has 0 radical (unpaired) electrons. The molecule has 5 rings (SSSR count). The lowest BCUT2D eigenvalue weighted by Crippen LogP contribution is -2.65. The number of carbonyl (C=O) groups excluding carboxylic acids is 2. The Hall–Kier alpha value is -3.39. The molecule has 2 N–H and O–H groups in total. The van der Waals surface area contributed by atoms with Gasteiger partial charge < -0.3 is 24.8 Å². The Bertz CT molecular complexity index is 1080. The highest BCUT2D eigenvalue weighted by Gasteiger charge is 2.48. The lowest BCUT2D eigenvalue weighted by Gasteiger charge is -2.53. The van der Waals surface area contributed by atoms with Gasteiger partial charge in [0.15, 0.2) is 0 Å². The lowest BCUT2D eigenvalue weighted by atomic mass is 9.75. The summed E-state index contributed by atoms with van der Waals surface area (Å²) in [5, 5.41) is 11.9. The molecule has 2 fully saturated rings. The molecule has 2 aromatic carbocycles. The lowest BCUT2D eigenvalue weighted by molar-refractivity contribution is -0.161. The number of benzene rings is 2. The van der Waals surface area contributed by atoms with Gasteiger partial charge in [-0.1, -0.05) is 48.5 Å². The van der Waals surface area contributed by atoms with Gasteiger partial charge in [0.05, 0.1) is 18.8 Å². The van der Waals surface area contributed by atoms with Crippen molar-refractivity contribution in [1.82, 2.24) is 10.2 Å². The summed E-state index contributed by atoms with van der Waals surface area (Å²) < 4.78 is 11.2. The molecule has 1 unspecified atom stereocenters. The number of hydrogen-bond acceptors (Lipinski definition) is 5. The average Bonchev–Trinajstić information content (AvgIpc) is 3.17. The number of morpholine rings is 1. The Labute approximate surface area is 204 Å². The van der Waals surface area contributed by atoms with Gasteiger partial charge in [0.25, 0.3) is 0 Å². The Kier molecular flexibility index (Phi) is 6.47. The van der Waals surface area contributed by atoms with E-state index in [9.17, 15) is 19.5 Å². The Morgan fingerprint density at radius 1 is 1.09 bits per heavy atom. The normalized spacial score (nSPS) is 18.8. The zero-order valence-electron chi connectivity index (χ0n) is 19.6. The molecule has 8 heteroatoms. The monoisotopic (exact) mass is 478 g/mol. The average molecular weight is 479 g/mol. The van der Waals surface area contributed by atoms with Crippen molar-refractivity contribution in [2.45, 2.75) is 49.6 Å². The largest absolute Gasteiger partial charge is 0.481 e. The molecule has 1 spiro atoms. The predicted octanol–water partition coefficient (Wildman–Crippen LogP) is 3.54. The quantitative estimate of drug-likeness (QED) is 0.631. The van der Waals surface area contributed by atoms with Crippen molar-refractivity contribution < 1.29 is 29.0 Å². The van der Waals surface area contributed by atoms with Crippen LogP contribution < -0.4 is 5.32 Å². The SMILES string of the molecule is O=C(O)CCC(NC(=O)OCC1c2ccccc2-c2ccccc21)C(=O)N1CCOCC12CCC2. The zero-order valence-corrected chi connectivity index (χ0v) is 19.6. The van der Waals surface area contributed by atoms with E-state index >= 15 is 0 Å². The van der Waals surface area contributed by atoms with Gasteiger partial charge in [0.1, 0.15) is 12.6 Å². The first kappa shape index (κ1) is 23.4. The highest BCUT2D eigenvalue weighted by atomic mass is 16.5. The number of alkyl carbamates (subject to hydrolysis) is 1. The summed E-state index contributed by atoms with van der Waals surface area (Å²) in [4.78, 5) is 39.3. The number of carbonyl (C=O) groups is 3. The summed E-state index contributed by atoms with van der Waals surface area (Å²) in [6, 6.07) is 15.2. The molecular weight excluding hydrogens is 448 g/mol. The molecule has 2 amide bonds. The minimum atomic E-state index is -1.02. The van der Waals surface area contributed by atoms with Gasteiger partial charge in [-0.2, -0.15) is 0 Å². The van der Waals surface area contributed by atoms with Crippen molar-refractivity contribution in [3.8, 4) is 11.1 Å². The number of rotatable bonds is 7. The number of hydrogen-bond donors (Lipinski definition) is 2. The van der Waals surface area contributed by atoms with E-state index in [1.54, 1.807) is 4.90 Å². The molecular formula is C27H30N2O6. The summed E-state index contributed by atoms with van der Waals surface area (Å²) in [6.07, 6.45) is 1.80. The predicted molar refractivity (Wildman–Crippen MR) is 128 cm³/mol. The van der Waals surface area contributed by atoms with Gasteiger partial charge in [-0.3, -0.25) is 9.59 Å². The number of nitrogens with one attached hydrogen (secondary N) is 1. The van der Waals surface area contributed by atoms with Crippen molar-refractivity contribution in [2.24, 2.45) is 0 Å². The molecule has 8 nitrogen and oxygen atoms in total. The topological polar surface area (TPSA) is 105 Å². The van der Waals surface area contributed by atoms with Gasteiger partial charge in [-0.15, -0.1) is 0 Å². The first-order chi connectivity index (χ1) is 17.0.